The van der Waals surface area contributed by atoms with Gasteiger partial charge in [0.25, 0.3) is 0 Å². The second kappa shape index (κ2) is 6.89. The normalized spacial score (nSPS) is 25.4. The van der Waals surface area contributed by atoms with Crippen LogP contribution in [-0.2, 0) is 0 Å². The van der Waals surface area contributed by atoms with Gasteiger partial charge in [-0.2, -0.15) is 0 Å². The number of nitrogens with one attached hydrogen (secondary N) is 1. The van der Waals surface area contributed by atoms with Crippen LogP contribution in [0.5, 0.6) is 0 Å². The second-order valence-corrected chi connectivity index (χ2v) is 7.87. The fourth-order valence-corrected chi connectivity index (χ4v) is 4.62. The topological polar surface area (TPSA) is 15.3 Å². The van der Waals surface area contributed by atoms with Gasteiger partial charge in [0, 0.05) is 13.1 Å². The molecule has 132 valence electrons. The molecule has 2 unspecified atom stereocenters. The third kappa shape index (κ3) is 3.49. The van der Waals surface area contributed by atoms with Crippen molar-refractivity contribution in [3.63, 3.8) is 0 Å². The van der Waals surface area contributed by atoms with Gasteiger partial charge >= 0.3 is 0 Å². The van der Waals surface area contributed by atoms with E-state index in [-0.39, 0.29) is 11.9 Å². The molecule has 0 aliphatic carbocycles. The predicted octanol–water partition coefficient (Wildman–Crippen LogP) is 4.30. The van der Waals surface area contributed by atoms with Crippen LogP contribution in [0.2, 0.25) is 0 Å². The highest BCUT2D eigenvalue weighted by Gasteiger charge is 2.40. The number of nitrogens with zero attached hydrogens (tertiary/aromatic N) is 1. The molecule has 1 spiro atoms. The Morgan fingerprint density at radius 3 is 2.32 bits per heavy atom. The summed E-state index contributed by atoms with van der Waals surface area (Å²) in [5.74, 6) is -0.165. The van der Waals surface area contributed by atoms with Crippen molar-refractivity contribution in [1.82, 2.24) is 10.2 Å². The molecule has 2 heterocycles. The molecule has 4 rings (SSSR count). The number of rotatable bonds is 3. The average molecular weight is 338 g/mol. The van der Waals surface area contributed by atoms with E-state index in [0.717, 1.165) is 26.2 Å². The Morgan fingerprint density at radius 2 is 1.68 bits per heavy atom. The highest BCUT2D eigenvalue weighted by molar-refractivity contribution is 5.34. The van der Waals surface area contributed by atoms with Gasteiger partial charge in [0.05, 0.1) is 6.04 Å². The lowest BCUT2D eigenvalue weighted by Crippen LogP contribution is -2.46. The minimum absolute atomic E-state index is 0.165. The summed E-state index contributed by atoms with van der Waals surface area (Å²) in [5, 5.41) is 3.56. The molecule has 0 aromatic heterocycles. The molecule has 2 aliphatic rings. The monoisotopic (exact) mass is 338 g/mol. The molecule has 2 aliphatic heterocycles. The quantitative estimate of drug-likeness (QED) is 0.898. The van der Waals surface area contributed by atoms with E-state index in [1.807, 2.05) is 12.1 Å². The van der Waals surface area contributed by atoms with Crippen molar-refractivity contribution in [3.8, 4) is 0 Å². The standard InChI is InChI=1S/C22H27FN2/c1-17-3-5-18(6-4-17)21(19-7-9-20(23)10-8-19)25-14-2-11-22(16-25)12-13-24-15-22/h3-10,21,24H,2,11-16H2,1H3. The van der Waals surface area contributed by atoms with Gasteiger partial charge in [-0.25, -0.2) is 4.39 Å². The van der Waals surface area contributed by atoms with Gasteiger partial charge in [-0.15, -0.1) is 0 Å². The second-order valence-electron chi connectivity index (χ2n) is 7.87. The van der Waals surface area contributed by atoms with Gasteiger partial charge in [-0.3, -0.25) is 4.90 Å². The van der Waals surface area contributed by atoms with E-state index in [0.29, 0.717) is 5.41 Å². The molecule has 2 fully saturated rings. The maximum atomic E-state index is 13.5. The van der Waals surface area contributed by atoms with Crippen molar-refractivity contribution >= 4 is 0 Å². The van der Waals surface area contributed by atoms with Crippen molar-refractivity contribution in [1.29, 1.82) is 0 Å². The van der Waals surface area contributed by atoms with E-state index in [2.05, 4.69) is 41.4 Å². The molecule has 2 atom stereocenters. The molecule has 0 amide bonds. The summed E-state index contributed by atoms with van der Waals surface area (Å²) in [4.78, 5) is 2.62. The van der Waals surface area contributed by atoms with Crippen LogP contribution in [0.1, 0.15) is 42.0 Å². The summed E-state index contributed by atoms with van der Waals surface area (Å²) >= 11 is 0. The number of halogens is 1. The Hall–Kier alpha value is -1.71. The number of benzene rings is 2. The zero-order chi connectivity index (χ0) is 17.3. The molecular weight excluding hydrogens is 311 g/mol. The fraction of sp³-hybridized carbons (Fsp3) is 0.455. The third-order valence-electron chi connectivity index (χ3n) is 5.97. The van der Waals surface area contributed by atoms with Crippen LogP contribution >= 0.6 is 0 Å². The molecule has 3 heteroatoms. The van der Waals surface area contributed by atoms with E-state index in [4.69, 9.17) is 0 Å². The van der Waals surface area contributed by atoms with Crippen molar-refractivity contribution < 1.29 is 4.39 Å². The summed E-state index contributed by atoms with van der Waals surface area (Å²) in [7, 11) is 0. The minimum Gasteiger partial charge on any atom is -0.316 e. The van der Waals surface area contributed by atoms with Crippen molar-refractivity contribution in [2.45, 2.75) is 32.2 Å². The first-order valence-electron chi connectivity index (χ1n) is 9.42. The average Bonchev–Trinajstić information content (AvgIpc) is 3.06. The van der Waals surface area contributed by atoms with E-state index in [1.54, 1.807) is 12.1 Å². The Kier molecular flexibility index (Phi) is 4.61. The smallest absolute Gasteiger partial charge is 0.123 e. The zero-order valence-electron chi connectivity index (χ0n) is 15.0. The number of aryl methyl sites for hydroxylation is 1. The van der Waals surface area contributed by atoms with E-state index < -0.39 is 0 Å². The Balaban J connectivity index is 1.69. The van der Waals surface area contributed by atoms with Gasteiger partial charge in [0.2, 0.25) is 0 Å². The lowest BCUT2D eigenvalue weighted by Gasteiger charge is -2.44. The molecular formula is C22H27FN2. The number of likely N-dealkylation sites (tertiary alicyclic amines) is 1. The Morgan fingerprint density at radius 1 is 1.00 bits per heavy atom. The third-order valence-corrected chi connectivity index (χ3v) is 5.97. The number of hydrogen-bond donors (Lipinski definition) is 1. The first kappa shape index (κ1) is 16.7. The molecule has 0 bridgehead atoms. The number of piperidine rings is 1. The van der Waals surface area contributed by atoms with Crippen molar-refractivity contribution in [2.24, 2.45) is 5.41 Å². The van der Waals surface area contributed by atoms with Gasteiger partial charge in [0.1, 0.15) is 5.82 Å². The number of hydrogen-bond acceptors (Lipinski definition) is 2. The van der Waals surface area contributed by atoms with Crippen LogP contribution in [-0.4, -0.2) is 31.1 Å². The van der Waals surface area contributed by atoms with Crippen molar-refractivity contribution in [2.75, 3.05) is 26.2 Å². The summed E-state index contributed by atoms with van der Waals surface area (Å²) in [5.41, 5.74) is 4.19. The summed E-state index contributed by atoms with van der Waals surface area (Å²) in [6, 6.07) is 16.1. The van der Waals surface area contributed by atoms with Gasteiger partial charge in [0.15, 0.2) is 0 Å². The molecule has 25 heavy (non-hydrogen) atoms. The van der Waals surface area contributed by atoms with Crippen LogP contribution in [0.3, 0.4) is 0 Å². The van der Waals surface area contributed by atoms with Gasteiger partial charge in [-0.1, -0.05) is 42.0 Å². The SMILES string of the molecule is Cc1ccc(C(c2ccc(F)cc2)N2CCCC3(CCNC3)C2)cc1. The first-order chi connectivity index (χ1) is 12.2. The van der Waals surface area contributed by atoms with Crippen molar-refractivity contribution in [3.05, 3.63) is 71.0 Å². The molecule has 0 saturated carbocycles. The van der Waals surface area contributed by atoms with Crippen LogP contribution in [0, 0.1) is 18.2 Å². The highest BCUT2D eigenvalue weighted by atomic mass is 19.1. The van der Waals surface area contributed by atoms with Gasteiger partial charge < -0.3 is 5.32 Å². The molecule has 1 N–H and O–H groups in total. The lowest BCUT2D eigenvalue weighted by molar-refractivity contribution is 0.0800. The Labute approximate surface area is 150 Å². The molecule has 2 aromatic rings. The summed E-state index contributed by atoms with van der Waals surface area (Å²) in [6.45, 7) is 6.62. The van der Waals surface area contributed by atoms with Crippen LogP contribution in [0.25, 0.3) is 0 Å². The maximum absolute atomic E-state index is 13.5. The van der Waals surface area contributed by atoms with E-state index in [9.17, 15) is 4.39 Å². The largest absolute Gasteiger partial charge is 0.316 e. The summed E-state index contributed by atoms with van der Waals surface area (Å²) < 4.78 is 13.5. The lowest BCUT2D eigenvalue weighted by atomic mass is 9.78. The molecule has 2 aromatic carbocycles. The Bertz CT molecular complexity index is 656. The molecule has 2 saturated heterocycles. The van der Waals surface area contributed by atoms with Crippen LogP contribution < -0.4 is 5.32 Å². The highest BCUT2D eigenvalue weighted by Crippen LogP contribution is 2.40. The maximum Gasteiger partial charge on any atom is 0.123 e. The van der Waals surface area contributed by atoms with E-state index >= 15 is 0 Å². The first-order valence-corrected chi connectivity index (χ1v) is 9.42. The molecule has 0 radical (unpaired) electrons. The minimum atomic E-state index is -0.165. The van der Waals surface area contributed by atoms with Gasteiger partial charge in [-0.05, 0) is 68.0 Å². The van der Waals surface area contributed by atoms with Crippen LogP contribution in [0.4, 0.5) is 4.39 Å². The van der Waals surface area contributed by atoms with Crippen LogP contribution in [0.15, 0.2) is 48.5 Å². The van der Waals surface area contributed by atoms with E-state index in [1.165, 1.54) is 36.0 Å². The fourth-order valence-electron chi connectivity index (χ4n) is 4.62. The predicted molar refractivity (Wildman–Crippen MR) is 100 cm³/mol. The molecule has 2 nitrogen and oxygen atoms in total. The zero-order valence-corrected chi connectivity index (χ0v) is 15.0. The summed E-state index contributed by atoms with van der Waals surface area (Å²) in [6.07, 6.45) is 3.83.